The molecule has 126 valence electrons. The molecule has 1 aliphatic rings. The van der Waals surface area contributed by atoms with Gasteiger partial charge in [-0.25, -0.2) is 0 Å². The highest BCUT2D eigenvalue weighted by Gasteiger charge is 2.22. The lowest BCUT2D eigenvalue weighted by molar-refractivity contribution is -0.122. The maximum atomic E-state index is 12.1. The van der Waals surface area contributed by atoms with Gasteiger partial charge in [0.1, 0.15) is 11.5 Å². The Hall–Kier alpha value is -2.49. The fourth-order valence-electron chi connectivity index (χ4n) is 3.07. The Labute approximate surface area is 142 Å². The molecular formula is C20H23NO3. The van der Waals surface area contributed by atoms with Crippen molar-refractivity contribution in [2.24, 2.45) is 0 Å². The van der Waals surface area contributed by atoms with Gasteiger partial charge in [-0.05, 0) is 54.7 Å². The number of nitrogens with one attached hydrogen (secondary N) is 1. The van der Waals surface area contributed by atoms with Crippen LogP contribution in [-0.4, -0.2) is 19.6 Å². The second-order valence-corrected chi connectivity index (χ2v) is 5.99. The molecule has 0 aromatic heterocycles. The summed E-state index contributed by atoms with van der Waals surface area (Å²) in [5.74, 6) is 1.69. The van der Waals surface area contributed by atoms with Gasteiger partial charge in [-0.2, -0.15) is 0 Å². The Kier molecular flexibility index (Phi) is 5.36. The fraction of sp³-hybridized carbons (Fsp3) is 0.350. The molecule has 1 N–H and O–H groups in total. The molecule has 0 saturated carbocycles. The van der Waals surface area contributed by atoms with E-state index in [1.165, 1.54) is 11.1 Å². The predicted octanol–water partition coefficient (Wildman–Crippen LogP) is 3.66. The second kappa shape index (κ2) is 7.86. The molecular weight excluding hydrogens is 302 g/mol. The normalized spacial score (nSPS) is 15.6. The average Bonchev–Trinajstić information content (AvgIpc) is 3.02. The first-order valence-electron chi connectivity index (χ1n) is 8.40. The van der Waals surface area contributed by atoms with E-state index in [0.29, 0.717) is 19.4 Å². The number of fused-ring (bicyclic) bond motifs is 1. The number of ether oxygens (including phenoxy) is 2. The zero-order valence-corrected chi connectivity index (χ0v) is 14.0. The van der Waals surface area contributed by atoms with Crippen molar-refractivity contribution in [3.63, 3.8) is 0 Å². The van der Waals surface area contributed by atoms with Crippen LogP contribution in [0.4, 0.5) is 0 Å². The van der Waals surface area contributed by atoms with Crippen LogP contribution in [0.25, 0.3) is 0 Å². The van der Waals surface area contributed by atoms with Crippen LogP contribution >= 0.6 is 0 Å². The highest BCUT2D eigenvalue weighted by atomic mass is 16.5. The standard InChI is InChI=1S/C20H23NO3/c1-23-16-9-11-17(12-10-16)24-14-4-7-20(22)21-19-13-8-15-5-2-3-6-18(15)19/h2-3,5-6,9-12,19H,4,7-8,13-14H2,1H3,(H,21,22)/t19-/m1/s1. The molecule has 1 aliphatic carbocycles. The SMILES string of the molecule is COc1ccc(OCCCC(=O)N[C@@H]2CCc3ccccc32)cc1. The molecule has 0 aliphatic heterocycles. The molecule has 3 rings (SSSR count). The first-order chi connectivity index (χ1) is 11.8. The van der Waals surface area contributed by atoms with Gasteiger partial charge >= 0.3 is 0 Å². The van der Waals surface area contributed by atoms with E-state index in [1.54, 1.807) is 7.11 Å². The maximum Gasteiger partial charge on any atom is 0.220 e. The molecule has 2 aromatic rings. The van der Waals surface area contributed by atoms with E-state index < -0.39 is 0 Å². The topological polar surface area (TPSA) is 47.6 Å². The summed E-state index contributed by atoms with van der Waals surface area (Å²) in [7, 11) is 1.64. The number of carbonyl (C=O) groups excluding carboxylic acids is 1. The van der Waals surface area contributed by atoms with Crippen molar-refractivity contribution in [2.75, 3.05) is 13.7 Å². The number of hydrogen-bond acceptors (Lipinski definition) is 3. The maximum absolute atomic E-state index is 12.1. The van der Waals surface area contributed by atoms with E-state index in [-0.39, 0.29) is 11.9 Å². The summed E-state index contributed by atoms with van der Waals surface area (Å²) in [5, 5.41) is 3.14. The van der Waals surface area contributed by atoms with E-state index >= 15 is 0 Å². The Morgan fingerprint density at radius 2 is 1.88 bits per heavy atom. The minimum atomic E-state index is 0.0926. The summed E-state index contributed by atoms with van der Waals surface area (Å²) in [6.45, 7) is 0.529. The zero-order valence-electron chi connectivity index (χ0n) is 14.0. The summed E-state index contributed by atoms with van der Waals surface area (Å²) in [5.41, 5.74) is 2.62. The minimum absolute atomic E-state index is 0.0926. The van der Waals surface area contributed by atoms with Crippen LogP contribution in [0.5, 0.6) is 11.5 Å². The van der Waals surface area contributed by atoms with Crippen LogP contribution in [0.1, 0.15) is 36.4 Å². The van der Waals surface area contributed by atoms with E-state index in [4.69, 9.17) is 9.47 Å². The summed E-state index contributed by atoms with van der Waals surface area (Å²) < 4.78 is 10.8. The largest absolute Gasteiger partial charge is 0.497 e. The van der Waals surface area contributed by atoms with Gasteiger partial charge in [0.25, 0.3) is 0 Å². The molecule has 0 spiro atoms. The van der Waals surface area contributed by atoms with Crippen molar-refractivity contribution in [1.29, 1.82) is 0 Å². The van der Waals surface area contributed by atoms with Gasteiger partial charge < -0.3 is 14.8 Å². The van der Waals surface area contributed by atoms with Crippen molar-refractivity contribution in [3.05, 3.63) is 59.7 Å². The van der Waals surface area contributed by atoms with Crippen LogP contribution < -0.4 is 14.8 Å². The van der Waals surface area contributed by atoms with Gasteiger partial charge in [-0.1, -0.05) is 24.3 Å². The van der Waals surface area contributed by atoms with Gasteiger partial charge in [0.05, 0.1) is 19.8 Å². The lowest BCUT2D eigenvalue weighted by Crippen LogP contribution is -2.27. The fourth-order valence-corrected chi connectivity index (χ4v) is 3.07. The summed E-state index contributed by atoms with van der Waals surface area (Å²) in [6.07, 6.45) is 3.22. The number of aryl methyl sites for hydroxylation is 1. The summed E-state index contributed by atoms with van der Waals surface area (Å²) in [6, 6.07) is 16.0. The van der Waals surface area contributed by atoms with Crippen molar-refractivity contribution in [3.8, 4) is 11.5 Å². The molecule has 4 nitrogen and oxygen atoms in total. The molecule has 4 heteroatoms. The van der Waals surface area contributed by atoms with Crippen LogP contribution in [0.15, 0.2) is 48.5 Å². The second-order valence-electron chi connectivity index (χ2n) is 5.99. The molecule has 1 amide bonds. The molecule has 0 saturated heterocycles. The minimum Gasteiger partial charge on any atom is -0.497 e. The Morgan fingerprint density at radius 3 is 2.67 bits per heavy atom. The lowest BCUT2D eigenvalue weighted by atomic mass is 10.1. The van der Waals surface area contributed by atoms with Crippen molar-refractivity contribution in [1.82, 2.24) is 5.32 Å². The summed E-state index contributed by atoms with van der Waals surface area (Å²) >= 11 is 0. The third kappa shape index (κ3) is 4.07. The molecule has 0 heterocycles. The van der Waals surface area contributed by atoms with Crippen LogP contribution in [0, 0.1) is 0 Å². The number of hydrogen-bond donors (Lipinski definition) is 1. The van der Waals surface area contributed by atoms with Crippen LogP contribution in [0.2, 0.25) is 0 Å². The number of methoxy groups -OCH3 is 1. The van der Waals surface area contributed by atoms with Gasteiger partial charge in [0.2, 0.25) is 5.91 Å². The van der Waals surface area contributed by atoms with Gasteiger partial charge in [0, 0.05) is 6.42 Å². The number of rotatable bonds is 7. The van der Waals surface area contributed by atoms with E-state index in [2.05, 4.69) is 23.5 Å². The lowest BCUT2D eigenvalue weighted by Gasteiger charge is -2.14. The smallest absolute Gasteiger partial charge is 0.220 e. The van der Waals surface area contributed by atoms with Crippen molar-refractivity contribution >= 4 is 5.91 Å². The molecule has 0 bridgehead atoms. The van der Waals surface area contributed by atoms with Gasteiger partial charge in [0.15, 0.2) is 0 Å². The van der Waals surface area contributed by atoms with E-state index in [0.717, 1.165) is 24.3 Å². The third-order valence-corrected chi connectivity index (χ3v) is 4.34. The van der Waals surface area contributed by atoms with Gasteiger partial charge in [-0.3, -0.25) is 4.79 Å². The molecule has 0 radical (unpaired) electrons. The number of benzene rings is 2. The van der Waals surface area contributed by atoms with E-state index in [9.17, 15) is 4.79 Å². The first-order valence-corrected chi connectivity index (χ1v) is 8.40. The van der Waals surface area contributed by atoms with Gasteiger partial charge in [-0.15, -0.1) is 0 Å². The van der Waals surface area contributed by atoms with E-state index in [1.807, 2.05) is 30.3 Å². The Bertz CT molecular complexity index is 682. The highest BCUT2D eigenvalue weighted by molar-refractivity contribution is 5.76. The molecule has 2 aromatic carbocycles. The quantitative estimate of drug-likeness (QED) is 0.790. The Balaban J connectivity index is 1.38. The molecule has 0 unspecified atom stereocenters. The third-order valence-electron chi connectivity index (χ3n) is 4.34. The molecule has 24 heavy (non-hydrogen) atoms. The Morgan fingerprint density at radius 1 is 1.12 bits per heavy atom. The number of carbonyl (C=O) groups is 1. The zero-order chi connectivity index (χ0) is 16.8. The summed E-state index contributed by atoms with van der Waals surface area (Å²) in [4.78, 5) is 12.1. The first kappa shape index (κ1) is 16.4. The highest BCUT2D eigenvalue weighted by Crippen LogP contribution is 2.30. The molecule has 0 fully saturated rings. The van der Waals surface area contributed by atoms with Crippen molar-refractivity contribution < 1.29 is 14.3 Å². The monoisotopic (exact) mass is 325 g/mol. The van der Waals surface area contributed by atoms with Crippen LogP contribution in [-0.2, 0) is 11.2 Å². The average molecular weight is 325 g/mol. The van der Waals surface area contributed by atoms with Crippen molar-refractivity contribution in [2.45, 2.75) is 31.7 Å². The van der Waals surface area contributed by atoms with Crippen LogP contribution in [0.3, 0.4) is 0 Å². The predicted molar refractivity (Wildman–Crippen MR) is 93.4 cm³/mol. The molecule has 1 atom stereocenters. The number of amides is 1.